The Labute approximate surface area is 485 Å². The minimum Gasteiger partial charge on any atom is -0.321 e. The van der Waals surface area contributed by atoms with E-state index in [4.69, 9.17) is 22.9 Å². The smallest absolute Gasteiger partial charge is 0.156 e. The molecule has 0 unspecified atom stereocenters. The summed E-state index contributed by atoms with van der Waals surface area (Å²) in [5.74, 6) is 4.42. The van der Waals surface area contributed by atoms with Crippen LogP contribution in [0.2, 0.25) is 0 Å². The largest absolute Gasteiger partial charge is 0.321 e. The van der Waals surface area contributed by atoms with Crippen molar-refractivity contribution in [2.24, 2.45) is 90.9 Å². The van der Waals surface area contributed by atoms with Crippen molar-refractivity contribution < 1.29 is 28.8 Å². The van der Waals surface area contributed by atoms with Gasteiger partial charge in [-0.1, -0.05) is 247 Å². The topological polar surface area (TPSA) is 231 Å². The summed E-state index contributed by atoms with van der Waals surface area (Å²) < 4.78 is 0. The second-order valence-electron chi connectivity index (χ2n) is 30.9. The zero-order valence-corrected chi connectivity index (χ0v) is 57.8. The predicted molar refractivity (Wildman–Crippen MR) is 340 cm³/mol. The maximum absolute atomic E-state index is 11.7. The molecule has 12 heteroatoms. The number of nitrogens with one attached hydrogen (secondary N) is 2. The Morgan fingerprint density at radius 1 is 0.295 bits per heavy atom. The van der Waals surface area contributed by atoms with E-state index in [1.165, 1.54) is 0 Å². The Morgan fingerprint density at radius 3 is 0.641 bits per heavy atom. The Balaban J connectivity index is -0.000000200. The summed E-state index contributed by atoms with van der Waals surface area (Å²) in [4.78, 5) is 70.1. The zero-order chi connectivity index (χ0) is 63.9. The Kier molecular flexibility index (Phi) is 45.6. The van der Waals surface area contributed by atoms with Crippen LogP contribution in [0.1, 0.15) is 273 Å². The van der Waals surface area contributed by atoms with Gasteiger partial charge >= 0.3 is 0 Å². The number of nitrogens with two attached hydrogens (primary N) is 4. The first kappa shape index (κ1) is 87.0. The number of carbonyl (C=O) groups excluding carboxylic acids is 6. The van der Waals surface area contributed by atoms with Crippen LogP contribution in [-0.4, -0.2) is 84.0 Å². The van der Waals surface area contributed by atoms with Crippen LogP contribution in [0.15, 0.2) is 0 Å². The van der Waals surface area contributed by atoms with Gasteiger partial charge in [0.2, 0.25) is 0 Å². The van der Waals surface area contributed by atoms with Crippen molar-refractivity contribution in [3.63, 3.8) is 0 Å². The van der Waals surface area contributed by atoms with Gasteiger partial charge in [0.1, 0.15) is 11.6 Å². The summed E-state index contributed by atoms with van der Waals surface area (Å²) in [6, 6.07) is -0.565. The molecule has 10 N–H and O–H groups in total. The fraction of sp³-hybridized carbons (Fsp3) is 0.909. The lowest BCUT2D eigenvalue weighted by atomic mass is 9.81. The molecule has 0 spiro atoms. The molecule has 0 bridgehead atoms. The van der Waals surface area contributed by atoms with Crippen molar-refractivity contribution in [3.8, 4) is 0 Å². The molecule has 0 aliphatic heterocycles. The third-order valence-electron chi connectivity index (χ3n) is 12.4. The molecule has 0 fully saturated rings. The highest BCUT2D eigenvalue weighted by Crippen LogP contribution is 2.26. The molecule has 0 amide bonds. The van der Waals surface area contributed by atoms with E-state index in [0.717, 1.165) is 51.4 Å². The van der Waals surface area contributed by atoms with Crippen molar-refractivity contribution in [3.05, 3.63) is 0 Å². The van der Waals surface area contributed by atoms with Crippen molar-refractivity contribution in [2.45, 2.75) is 309 Å². The molecule has 6 atom stereocenters. The molecule has 0 aromatic carbocycles. The molecule has 468 valence electrons. The van der Waals surface area contributed by atoms with Crippen molar-refractivity contribution in [2.75, 3.05) is 13.1 Å². The van der Waals surface area contributed by atoms with E-state index < -0.39 is 0 Å². The van der Waals surface area contributed by atoms with Crippen LogP contribution in [0.5, 0.6) is 0 Å². The van der Waals surface area contributed by atoms with Crippen molar-refractivity contribution >= 4 is 34.7 Å². The van der Waals surface area contributed by atoms with E-state index in [-0.39, 0.29) is 91.6 Å². The molecule has 0 saturated heterocycles. The maximum Gasteiger partial charge on any atom is 0.156 e. The minimum absolute atomic E-state index is 0.112. The highest BCUT2D eigenvalue weighted by atomic mass is 16.2. The van der Waals surface area contributed by atoms with Crippen LogP contribution in [0.25, 0.3) is 0 Å². The second kappa shape index (κ2) is 40.9. The number of ketones is 6. The lowest BCUT2D eigenvalue weighted by Gasteiger charge is -2.22. The number of Topliss-reactive ketones (excluding diaryl/α,β-unsaturated/α-hetero) is 6. The van der Waals surface area contributed by atoms with E-state index in [0.29, 0.717) is 60.4 Å². The van der Waals surface area contributed by atoms with E-state index in [9.17, 15) is 28.8 Å². The summed E-state index contributed by atoms with van der Waals surface area (Å²) in [6.45, 7) is 65.6. The third-order valence-corrected chi connectivity index (χ3v) is 12.4. The van der Waals surface area contributed by atoms with Gasteiger partial charge in [0.25, 0.3) is 0 Å². The van der Waals surface area contributed by atoms with Crippen LogP contribution < -0.4 is 33.6 Å². The molecular formula is C66H138N6O6. The van der Waals surface area contributed by atoms with Gasteiger partial charge in [-0.3, -0.25) is 28.8 Å². The third kappa shape index (κ3) is 50.7. The fourth-order valence-corrected chi connectivity index (χ4v) is 8.00. The summed E-state index contributed by atoms with van der Waals surface area (Å²) in [5, 5.41) is 6.30. The fourth-order valence-electron chi connectivity index (χ4n) is 8.00. The Morgan fingerprint density at radius 2 is 0.487 bits per heavy atom. The molecule has 0 rings (SSSR count). The van der Waals surface area contributed by atoms with Crippen LogP contribution in [0, 0.1) is 68.0 Å². The average molecular weight is 1110 g/mol. The van der Waals surface area contributed by atoms with E-state index >= 15 is 0 Å². The second-order valence-corrected chi connectivity index (χ2v) is 30.9. The molecule has 78 heavy (non-hydrogen) atoms. The molecule has 0 aliphatic carbocycles. The molecule has 12 nitrogen and oxygen atoms in total. The Hall–Kier alpha value is -2.22. The first-order chi connectivity index (χ1) is 34.5. The SMILES string of the molecule is CC(C)CCC[C@@H](N)C(=O)C(C)(C)C.CC(C)CCC[C@H](N)C(=O)C(C)(C)C.CC(C)C[C@@H](C)C(=O)C(C)(C)C.CC(C)C[C@H](C)C(=O)C(C)(C)C.CC(C)NC[C@@H](N)C(=O)C(C)(C)C.CC(C)NC[C@H](N)C(=O)C(C)(C)C. The predicted octanol–water partition coefficient (Wildman–Crippen LogP) is 13.9. The lowest BCUT2D eigenvalue weighted by molar-refractivity contribution is -0.130. The summed E-state index contributed by atoms with van der Waals surface area (Å²) in [5.41, 5.74) is 21.6. The number of carbonyl (C=O) groups is 6. The number of rotatable bonds is 24. The highest BCUT2D eigenvalue weighted by molar-refractivity contribution is 5.90. The molecule has 0 saturated carbocycles. The maximum atomic E-state index is 11.7. The number of hydrogen-bond donors (Lipinski definition) is 6. The first-order valence-corrected chi connectivity index (χ1v) is 30.2. The number of hydrogen-bond acceptors (Lipinski definition) is 12. The molecule has 0 radical (unpaired) electrons. The summed E-state index contributed by atoms with van der Waals surface area (Å²) in [6.07, 6.45) is 8.10. The normalized spacial score (nSPS) is 14.7. The van der Waals surface area contributed by atoms with Gasteiger partial charge in [0.05, 0.1) is 24.2 Å². The van der Waals surface area contributed by atoms with E-state index in [2.05, 4.69) is 66.0 Å². The lowest BCUT2D eigenvalue weighted by Crippen LogP contribution is -2.46. The molecule has 0 aromatic rings. The van der Waals surface area contributed by atoms with Gasteiger partial charge in [-0.05, 0) is 49.4 Å². The van der Waals surface area contributed by atoms with E-state index in [1.54, 1.807) is 0 Å². The summed E-state index contributed by atoms with van der Waals surface area (Å²) in [7, 11) is 0. The van der Waals surface area contributed by atoms with Crippen molar-refractivity contribution in [1.82, 2.24) is 10.6 Å². The monoisotopic (exact) mass is 1110 g/mol. The van der Waals surface area contributed by atoms with Crippen LogP contribution >= 0.6 is 0 Å². The van der Waals surface area contributed by atoms with Gasteiger partial charge in [0, 0.05) is 69.5 Å². The molecule has 0 aromatic heterocycles. The van der Waals surface area contributed by atoms with Gasteiger partial charge < -0.3 is 33.6 Å². The molecule has 0 heterocycles. The Bertz CT molecular complexity index is 1500. The van der Waals surface area contributed by atoms with Gasteiger partial charge in [-0.15, -0.1) is 0 Å². The van der Waals surface area contributed by atoms with Gasteiger partial charge in [-0.25, -0.2) is 0 Å². The molecule has 0 aliphatic rings. The molecular weight excluding hydrogens is 973 g/mol. The van der Waals surface area contributed by atoms with Gasteiger partial charge in [-0.2, -0.15) is 0 Å². The van der Waals surface area contributed by atoms with Crippen LogP contribution in [0.3, 0.4) is 0 Å². The van der Waals surface area contributed by atoms with Crippen molar-refractivity contribution in [1.29, 1.82) is 0 Å². The van der Waals surface area contributed by atoms with Crippen LogP contribution in [0.4, 0.5) is 0 Å². The average Bonchev–Trinajstić information content (AvgIpc) is 3.24. The minimum atomic E-state index is -0.387. The quantitative estimate of drug-likeness (QED) is 0.0530. The first-order valence-electron chi connectivity index (χ1n) is 30.2. The van der Waals surface area contributed by atoms with E-state index in [1.807, 2.05) is 166 Å². The highest BCUT2D eigenvalue weighted by Gasteiger charge is 2.31. The zero-order valence-electron chi connectivity index (χ0n) is 57.8. The van der Waals surface area contributed by atoms with Gasteiger partial charge in [0.15, 0.2) is 23.1 Å². The van der Waals surface area contributed by atoms with Crippen LogP contribution in [-0.2, 0) is 28.8 Å². The summed E-state index contributed by atoms with van der Waals surface area (Å²) >= 11 is 0. The standard InChI is InChI=1S/2C12H25NO.2C11H22O.2C10H22N2O/c2*1-9(2)7-6-8-10(13)11(14)12(3,4)5;2*1-8(2)7-9(3)10(12)11(4,5)6;2*1-7(2)12-6-8(11)9(13)10(3,4)5/h2*9-10H,6-8,13H2,1-5H3;2*8-9H,7H2,1-6H3;2*7-8,12H,6,11H2,1-5H3/t2*10-;2*9-;2*8-/m101010/s1.